The predicted octanol–water partition coefficient (Wildman–Crippen LogP) is 16.5. The minimum absolute atomic E-state index is 0. The van der Waals surface area contributed by atoms with Crippen molar-refractivity contribution in [3.05, 3.63) is 179 Å². The van der Waals surface area contributed by atoms with Crippen LogP contribution in [0.1, 0.15) is 72.9 Å². The van der Waals surface area contributed by atoms with Crippen molar-refractivity contribution in [1.29, 1.82) is 0 Å². The molecule has 0 unspecified atom stereocenters. The summed E-state index contributed by atoms with van der Waals surface area (Å²) in [5.41, 5.74) is 18.7. The van der Waals surface area contributed by atoms with Crippen molar-refractivity contribution < 1.29 is 26.2 Å². The van der Waals surface area contributed by atoms with Crippen LogP contribution in [0.15, 0.2) is 146 Å². The van der Waals surface area contributed by atoms with E-state index in [1.165, 1.54) is 125 Å². The first-order chi connectivity index (χ1) is 27.7. The van der Waals surface area contributed by atoms with Crippen LogP contribution in [-0.4, -0.2) is 9.52 Å². The van der Waals surface area contributed by atoms with Crippen molar-refractivity contribution in [3.63, 3.8) is 0 Å². The number of fused-ring (bicyclic) bond motifs is 2. The van der Waals surface area contributed by atoms with Gasteiger partial charge in [-0.05, 0) is 51.7 Å². The van der Waals surface area contributed by atoms with Gasteiger partial charge in [-0.3, -0.25) is 0 Å². The molecule has 0 aliphatic carbocycles. The summed E-state index contributed by atoms with van der Waals surface area (Å²) in [6, 6.07) is 54.4. The van der Waals surface area contributed by atoms with Crippen LogP contribution in [0.25, 0.3) is 66.1 Å². The largest absolute Gasteiger partial charge is 2.00 e. The van der Waals surface area contributed by atoms with Crippen LogP contribution >= 0.6 is 0 Å². The van der Waals surface area contributed by atoms with Gasteiger partial charge < -0.3 is 0 Å². The molecule has 0 spiro atoms. The Hall–Kier alpha value is -4.36. The maximum Gasteiger partial charge on any atom is 2.00 e. The molecule has 58 heavy (non-hydrogen) atoms. The van der Waals surface area contributed by atoms with Gasteiger partial charge in [0, 0.05) is 9.52 Å². The minimum Gasteiger partial charge on any atom is -0.164 e. The number of hydrogen-bond acceptors (Lipinski definition) is 0. The third-order valence-corrected chi connectivity index (χ3v) is 11.0. The Labute approximate surface area is 371 Å². The molecule has 8 rings (SSSR count). The Morgan fingerprint density at radius 3 is 0.931 bits per heavy atom. The Balaban J connectivity index is 0.000000204. The number of benzene rings is 6. The van der Waals surface area contributed by atoms with Crippen LogP contribution in [0, 0.1) is 27.7 Å². The average molecular weight is 852 g/mol. The van der Waals surface area contributed by atoms with Crippen molar-refractivity contribution in [1.82, 2.24) is 0 Å². The van der Waals surface area contributed by atoms with Crippen molar-refractivity contribution in [2.45, 2.75) is 93.2 Å². The van der Waals surface area contributed by atoms with Gasteiger partial charge in [0.25, 0.3) is 0 Å². The zero-order valence-electron chi connectivity index (χ0n) is 36.1. The first-order valence-electron chi connectivity index (χ1n) is 21.0. The number of aryl methyl sites for hydroxylation is 6. The average Bonchev–Trinajstić information content (AvgIpc) is 3.86. The van der Waals surface area contributed by atoms with E-state index in [9.17, 15) is 0 Å². The molecule has 8 aromatic rings. The van der Waals surface area contributed by atoms with Crippen LogP contribution < -0.4 is 0 Å². The molecule has 0 heterocycles. The second-order valence-corrected chi connectivity index (χ2v) is 16.9. The summed E-state index contributed by atoms with van der Waals surface area (Å²) in [5.74, 6) is 0. The molecule has 0 N–H and O–H groups in total. The van der Waals surface area contributed by atoms with Gasteiger partial charge in [-0.25, -0.2) is 0 Å². The summed E-state index contributed by atoms with van der Waals surface area (Å²) >= 11 is 0. The van der Waals surface area contributed by atoms with Gasteiger partial charge in [0.05, 0.1) is 0 Å². The van der Waals surface area contributed by atoms with Gasteiger partial charge in [0.2, 0.25) is 0 Å². The molecule has 8 aromatic carbocycles. The van der Waals surface area contributed by atoms with Crippen molar-refractivity contribution >= 4 is 31.1 Å². The van der Waals surface area contributed by atoms with Crippen LogP contribution in [0.2, 0.25) is 13.1 Å². The fraction of sp³-hybridized carbons (Fsp3) is 0.250. The van der Waals surface area contributed by atoms with E-state index in [-0.39, 0.29) is 26.2 Å². The van der Waals surface area contributed by atoms with E-state index < -0.39 is 0 Å². The maximum absolute atomic E-state index is 2.41. The van der Waals surface area contributed by atoms with Crippen molar-refractivity contribution in [3.8, 4) is 44.5 Å². The molecule has 0 fully saturated rings. The number of hydrogen-bond donors (Lipinski definition) is 0. The van der Waals surface area contributed by atoms with Gasteiger partial charge in [0.15, 0.2) is 0 Å². The third kappa shape index (κ3) is 11.0. The second-order valence-electron chi connectivity index (χ2n) is 15.9. The smallest absolute Gasteiger partial charge is 0.164 e. The van der Waals surface area contributed by atoms with E-state index in [1.807, 2.05) is 0 Å². The molecular formula is C56H60SiZr. The Morgan fingerprint density at radius 1 is 0.397 bits per heavy atom. The molecule has 292 valence electrons. The van der Waals surface area contributed by atoms with Crippen molar-refractivity contribution in [2.75, 3.05) is 0 Å². The molecule has 0 aromatic heterocycles. The van der Waals surface area contributed by atoms with Gasteiger partial charge in [-0.15, -0.1) is 44.8 Å². The summed E-state index contributed by atoms with van der Waals surface area (Å²) in [4.78, 5) is 0. The third-order valence-electron chi connectivity index (χ3n) is 11.0. The van der Waals surface area contributed by atoms with Gasteiger partial charge >= 0.3 is 26.2 Å². The van der Waals surface area contributed by atoms with E-state index in [0.717, 1.165) is 22.4 Å². The van der Waals surface area contributed by atoms with E-state index in [1.54, 1.807) is 0 Å². The fourth-order valence-electron chi connectivity index (χ4n) is 7.71. The molecule has 0 aliphatic rings. The summed E-state index contributed by atoms with van der Waals surface area (Å²) in [7, 11) is 1.08. The van der Waals surface area contributed by atoms with Crippen LogP contribution in [0.4, 0.5) is 0 Å². The fourth-order valence-corrected chi connectivity index (χ4v) is 7.71. The molecule has 0 bridgehead atoms. The van der Waals surface area contributed by atoms with E-state index in [0.29, 0.717) is 0 Å². The first kappa shape index (κ1) is 44.7. The Kier molecular flexibility index (Phi) is 16.7. The van der Waals surface area contributed by atoms with E-state index >= 15 is 0 Å². The number of unbranched alkanes of at least 4 members (excludes halogenated alkanes) is 2. The van der Waals surface area contributed by atoms with Crippen LogP contribution in [0.3, 0.4) is 0 Å². The number of rotatable bonds is 10. The molecule has 0 atom stereocenters. The quantitative estimate of drug-likeness (QED) is 0.0950. The normalized spacial score (nSPS) is 10.8. The molecule has 0 saturated heterocycles. The van der Waals surface area contributed by atoms with Gasteiger partial charge in [0.1, 0.15) is 0 Å². The van der Waals surface area contributed by atoms with E-state index in [2.05, 4.69) is 200 Å². The van der Waals surface area contributed by atoms with Crippen LogP contribution in [0.5, 0.6) is 0 Å². The topological polar surface area (TPSA) is 0 Å². The monoisotopic (exact) mass is 850 g/mol. The summed E-state index contributed by atoms with van der Waals surface area (Å²) in [6.07, 6.45) is 7.28. The van der Waals surface area contributed by atoms with E-state index in [4.69, 9.17) is 0 Å². The van der Waals surface area contributed by atoms with Crippen LogP contribution in [-0.2, 0) is 39.0 Å². The Morgan fingerprint density at radius 2 is 0.655 bits per heavy atom. The Bertz CT molecular complexity index is 2130. The molecular weight excluding hydrogens is 792 g/mol. The summed E-state index contributed by atoms with van der Waals surface area (Å²) in [6.45, 7) is 17.4. The maximum atomic E-state index is 2.41. The SMILES string of the molecule is CCCCc1cc2c(-c3ccc(C)cc3)ccc(-c3ccc(C)cc3)c2[cH-]1.CCCCc1cc2c(-c3ccc(C)cc3)ccc(-c3ccc(C)cc3)c2[cH-]1.C[Si]C.[Zr+2]. The predicted molar refractivity (Wildman–Crippen MR) is 254 cm³/mol. The molecule has 0 saturated carbocycles. The molecule has 0 aliphatic heterocycles. The zero-order chi connectivity index (χ0) is 40.3. The molecule has 0 amide bonds. The minimum atomic E-state index is 0. The van der Waals surface area contributed by atoms with Gasteiger partial charge in [-0.2, -0.15) is 12.1 Å². The summed E-state index contributed by atoms with van der Waals surface area (Å²) < 4.78 is 0. The summed E-state index contributed by atoms with van der Waals surface area (Å²) in [5, 5.41) is 5.51. The first-order valence-corrected chi connectivity index (χ1v) is 23.0. The van der Waals surface area contributed by atoms with Crippen molar-refractivity contribution in [2.24, 2.45) is 0 Å². The second kappa shape index (κ2) is 21.6. The molecule has 2 heteroatoms. The molecule has 2 radical (unpaired) electrons. The van der Waals surface area contributed by atoms with Gasteiger partial charge in [-0.1, -0.05) is 230 Å². The molecule has 0 nitrogen and oxygen atoms in total. The standard InChI is InChI=1S/2C27H27.C2H6Si.Zr/c2*1-4-5-6-21-17-26-24(22-11-7-19(2)8-12-22)15-16-25(27(26)18-21)23-13-9-20(3)10-14-23;1-3-2;/h2*7-18H,4-6H2,1-3H3;1-2H3;/q2*-1;;+2. The zero-order valence-corrected chi connectivity index (χ0v) is 39.6.